The number of rotatable bonds is 4. The van der Waals surface area contributed by atoms with Gasteiger partial charge in [-0.2, -0.15) is 0 Å². The predicted octanol–water partition coefficient (Wildman–Crippen LogP) is 1.27. The van der Waals surface area contributed by atoms with Crippen LogP contribution in [0, 0.1) is 0 Å². The van der Waals surface area contributed by atoms with Crippen LogP contribution >= 0.6 is 0 Å². The lowest BCUT2D eigenvalue weighted by Gasteiger charge is -2.13. The summed E-state index contributed by atoms with van der Waals surface area (Å²) in [5.41, 5.74) is 0. The van der Waals surface area contributed by atoms with Crippen LogP contribution < -0.4 is 0 Å². The molecule has 0 radical (unpaired) electrons. The summed E-state index contributed by atoms with van der Waals surface area (Å²) in [4.78, 5) is 10.3. The zero-order valence-electron chi connectivity index (χ0n) is 6.63. The van der Waals surface area contributed by atoms with Crippen molar-refractivity contribution in [1.82, 2.24) is 0 Å². The molecule has 10 heavy (non-hydrogen) atoms. The van der Waals surface area contributed by atoms with E-state index in [9.17, 15) is 4.79 Å². The Balaban J connectivity index is 3.72. The van der Waals surface area contributed by atoms with Gasteiger partial charge in [-0.25, -0.2) is 4.79 Å². The normalized spacial score (nSPS) is 13.6. The van der Waals surface area contributed by atoms with Gasteiger partial charge in [-0.1, -0.05) is 6.92 Å². The van der Waals surface area contributed by atoms with Gasteiger partial charge < -0.3 is 9.84 Å². The SMILES string of the molecule is CC[C@H](OC(C)C)C(=O)O. The van der Waals surface area contributed by atoms with Crippen LogP contribution in [-0.2, 0) is 9.53 Å². The summed E-state index contributed by atoms with van der Waals surface area (Å²) in [6.07, 6.45) is -0.130. The van der Waals surface area contributed by atoms with E-state index in [-0.39, 0.29) is 6.10 Å². The van der Waals surface area contributed by atoms with E-state index < -0.39 is 12.1 Å². The van der Waals surface area contributed by atoms with Crippen LogP contribution in [-0.4, -0.2) is 23.3 Å². The molecular formula is C7H14O3. The highest BCUT2D eigenvalue weighted by atomic mass is 16.5. The molecule has 0 rings (SSSR count). The van der Waals surface area contributed by atoms with E-state index in [0.29, 0.717) is 6.42 Å². The molecule has 3 heteroatoms. The van der Waals surface area contributed by atoms with E-state index in [4.69, 9.17) is 9.84 Å². The molecule has 0 unspecified atom stereocenters. The Hall–Kier alpha value is -0.570. The summed E-state index contributed by atoms with van der Waals surface area (Å²) in [5.74, 6) is -0.879. The first kappa shape index (κ1) is 9.43. The largest absolute Gasteiger partial charge is 0.479 e. The summed E-state index contributed by atoms with van der Waals surface area (Å²) in [7, 11) is 0. The highest BCUT2D eigenvalue weighted by Crippen LogP contribution is 2.01. The Labute approximate surface area is 61.0 Å². The molecule has 60 valence electrons. The second-order valence-electron chi connectivity index (χ2n) is 2.42. The van der Waals surface area contributed by atoms with Crippen molar-refractivity contribution in [3.8, 4) is 0 Å². The molecule has 1 N–H and O–H groups in total. The highest BCUT2D eigenvalue weighted by Gasteiger charge is 2.15. The van der Waals surface area contributed by atoms with Crippen molar-refractivity contribution < 1.29 is 14.6 Å². The molecule has 0 aliphatic carbocycles. The molecule has 0 aliphatic rings. The fourth-order valence-electron chi connectivity index (χ4n) is 0.658. The number of carboxylic acids is 1. The van der Waals surface area contributed by atoms with Gasteiger partial charge in [0.05, 0.1) is 6.10 Å². The number of hydrogen-bond acceptors (Lipinski definition) is 2. The number of hydrogen-bond donors (Lipinski definition) is 1. The first-order chi connectivity index (χ1) is 4.57. The minimum atomic E-state index is -0.879. The Morgan fingerprint density at radius 1 is 1.60 bits per heavy atom. The molecule has 0 amide bonds. The summed E-state index contributed by atoms with van der Waals surface area (Å²) in [6, 6.07) is 0. The Morgan fingerprint density at radius 2 is 2.10 bits per heavy atom. The van der Waals surface area contributed by atoms with E-state index in [0.717, 1.165) is 0 Å². The molecule has 3 nitrogen and oxygen atoms in total. The Morgan fingerprint density at radius 3 is 2.20 bits per heavy atom. The average Bonchev–Trinajstić information content (AvgIpc) is 1.81. The molecule has 0 aromatic rings. The van der Waals surface area contributed by atoms with Crippen LogP contribution in [0.25, 0.3) is 0 Å². The van der Waals surface area contributed by atoms with Gasteiger partial charge in [0.2, 0.25) is 0 Å². The van der Waals surface area contributed by atoms with E-state index in [2.05, 4.69) is 0 Å². The van der Waals surface area contributed by atoms with Gasteiger partial charge in [0.25, 0.3) is 0 Å². The van der Waals surface area contributed by atoms with E-state index >= 15 is 0 Å². The second-order valence-corrected chi connectivity index (χ2v) is 2.42. The second kappa shape index (κ2) is 4.28. The first-order valence-electron chi connectivity index (χ1n) is 3.46. The highest BCUT2D eigenvalue weighted by molar-refractivity contribution is 5.72. The van der Waals surface area contributed by atoms with Gasteiger partial charge >= 0.3 is 5.97 Å². The first-order valence-corrected chi connectivity index (χ1v) is 3.46. The summed E-state index contributed by atoms with van der Waals surface area (Å²) >= 11 is 0. The molecule has 0 aromatic carbocycles. The smallest absolute Gasteiger partial charge is 0.332 e. The van der Waals surface area contributed by atoms with Gasteiger partial charge in [-0.3, -0.25) is 0 Å². The molecule has 0 fully saturated rings. The molecule has 0 saturated carbocycles. The maximum atomic E-state index is 10.3. The molecular weight excluding hydrogens is 132 g/mol. The standard InChI is InChI=1S/C7H14O3/c1-4-6(7(8)9)10-5(2)3/h5-6H,4H2,1-3H3,(H,8,9)/t6-/m0/s1. The minimum absolute atomic E-state index is 0.0129. The molecule has 0 aliphatic heterocycles. The zero-order valence-corrected chi connectivity index (χ0v) is 6.63. The lowest BCUT2D eigenvalue weighted by atomic mass is 10.3. The predicted molar refractivity (Wildman–Crippen MR) is 37.9 cm³/mol. The van der Waals surface area contributed by atoms with Crippen molar-refractivity contribution in [2.75, 3.05) is 0 Å². The monoisotopic (exact) mass is 146 g/mol. The van der Waals surface area contributed by atoms with Crippen LogP contribution in [0.3, 0.4) is 0 Å². The van der Waals surface area contributed by atoms with Gasteiger partial charge in [0.15, 0.2) is 6.10 Å². The zero-order chi connectivity index (χ0) is 8.15. The molecule has 0 heterocycles. The average molecular weight is 146 g/mol. The summed E-state index contributed by atoms with van der Waals surface area (Å²) < 4.78 is 5.06. The van der Waals surface area contributed by atoms with Gasteiger partial charge in [-0.15, -0.1) is 0 Å². The fraction of sp³-hybridized carbons (Fsp3) is 0.857. The van der Waals surface area contributed by atoms with Crippen molar-refractivity contribution in [3.63, 3.8) is 0 Å². The Kier molecular flexibility index (Phi) is 4.03. The number of aliphatic carboxylic acids is 1. The third-order valence-electron chi connectivity index (χ3n) is 1.08. The number of carbonyl (C=O) groups is 1. The maximum absolute atomic E-state index is 10.3. The minimum Gasteiger partial charge on any atom is -0.479 e. The van der Waals surface area contributed by atoms with Crippen LogP contribution in [0.15, 0.2) is 0 Å². The van der Waals surface area contributed by atoms with Gasteiger partial charge in [0.1, 0.15) is 0 Å². The van der Waals surface area contributed by atoms with E-state index in [1.807, 2.05) is 13.8 Å². The topological polar surface area (TPSA) is 46.5 Å². The third kappa shape index (κ3) is 3.45. The lowest BCUT2D eigenvalue weighted by Crippen LogP contribution is -2.25. The van der Waals surface area contributed by atoms with Crippen molar-refractivity contribution in [3.05, 3.63) is 0 Å². The van der Waals surface area contributed by atoms with Crippen molar-refractivity contribution in [2.45, 2.75) is 39.4 Å². The molecule has 0 saturated heterocycles. The third-order valence-corrected chi connectivity index (χ3v) is 1.08. The maximum Gasteiger partial charge on any atom is 0.332 e. The van der Waals surface area contributed by atoms with Gasteiger partial charge in [0, 0.05) is 0 Å². The van der Waals surface area contributed by atoms with Crippen molar-refractivity contribution in [2.24, 2.45) is 0 Å². The van der Waals surface area contributed by atoms with Crippen LogP contribution in [0.5, 0.6) is 0 Å². The fourth-order valence-corrected chi connectivity index (χ4v) is 0.658. The van der Waals surface area contributed by atoms with E-state index in [1.165, 1.54) is 0 Å². The summed E-state index contributed by atoms with van der Waals surface area (Å²) in [6.45, 7) is 5.44. The van der Waals surface area contributed by atoms with Crippen LogP contribution in [0.4, 0.5) is 0 Å². The summed E-state index contributed by atoms with van der Waals surface area (Å²) in [5, 5.41) is 8.50. The van der Waals surface area contributed by atoms with Gasteiger partial charge in [-0.05, 0) is 20.3 Å². The molecule has 0 spiro atoms. The quantitative estimate of drug-likeness (QED) is 0.649. The van der Waals surface area contributed by atoms with E-state index in [1.54, 1.807) is 6.92 Å². The molecule has 1 atom stereocenters. The van der Waals surface area contributed by atoms with Crippen LogP contribution in [0.2, 0.25) is 0 Å². The van der Waals surface area contributed by atoms with Crippen molar-refractivity contribution >= 4 is 5.97 Å². The number of carboxylic acid groups (broad SMARTS) is 1. The molecule has 0 bridgehead atoms. The lowest BCUT2D eigenvalue weighted by molar-refractivity contribution is -0.153. The Bertz CT molecular complexity index is 109. The van der Waals surface area contributed by atoms with Crippen molar-refractivity contribution in [1.29, 1.82) is 0 Å². The molecule has 0 aromatic heterocycles. The number of ether oxygens (including phenoxy) is 1. The van der Waals surface area contributed by atoms with Crippen LogP contribution in [0.1, 0.15) is 27.2 Å².